The van der Waals surface area contributed by atoms with E-state index in [1.807, 2.05) is 0 Å². The number of hydrogen-bond acceptors (Lipinski definition) is 0. The summed E-state index contributed by atoms with van der Waals surface area (Å²) in [6.07, 6.45) is 21.5. The topological polar surface area (TPSA) is 0 Å². The smallest absolute Gasteiger partial charge is 0.0166 e. The maximum atomic E-state index is 2.38. The van der Waals surface area contributed by atoms with Crippen LogP contribution in [-0.2, 0) is 0 Å². The van der Waals surface area contributed by atoms with Crippen LogP contribution in [0.15, 0.2) is 36.5 Å². The Labute approximate surface area is 75.7 Å². The first-order valence-corrected chi connectivity index (χ1v) is 4.78. The predicted octanol–water partition coefficient (Wildman–Crippen LogP) is 3.82. The van der Waals surface area contributed by atoms with Crippen LogP contribution in [-0.4, -0.2) is 0 Å². The molecule has 0 heteroatoms. The SMILES string of the molecule is [CH]1CC/C=C\C/C=C\C=C\CC1. The molecule has 1 rings (SSSR count). The van der Waals surface area contributed by atoms with Gasteiger partial charge in [0.2, 0.25) is 0 Å². The standard InChI is InChI=1S/C12H17/c1-2-4-6-8-10-12-11-9-7-5-3-1/h1-4,7,9-10H,5-6,8,11-12H2/b3-1-,4-2+,9-7-. The number of rotatable bonds is 0. The Morgan fingerprint density at radius 2 is 1.33 bits per heavy atom. The molecule has 0 atom stereocenters. The minimum absolute atomic E-state index is 1.07. The zero-order valence-electron chi connectivity index (χ0n) is 7.58. The second-order valence-corrected chi connectivity index (χ2v) is 3.01. The average Bonchev–Trinajstić information content (AvgIpc) is 2.05. The van der Waals surface area contributed by atoms with Gasteiger partial charge in [-0.1, -0.05) is 36.5 Å². The van der Waals surface area contributed by atoms with Crippen LogP contribution in [0.2, 0.25) is 0 Å². The van der Waals surface area contributed by atoms with E-state index in [-0.39, 0.29) is 0 Å². The van der Waals surface area contributed by atoms with Crippen LogP contribution in [0.3, 0.4) is 0 Å². The fourth-order valence-electron chi connectivity index (χ4n) is 1.20. The van der Waals surface area contributed by atoms with E-state index < -0.39 is 0 Å². The van der Waals surface area contributed by atoms with Crippen molar-refractivity contribution in [2.24, 2.45) is 0 Å². The van der Waals surface area contributed by atoms with Crippen LogP contribution in [0, 0.1) is 6.42 Å². The minimum Gasteiger partial charge on any atom is -0.0882 e. The van der Waals surface area contributed by atoms with Crippen molar-refractivity contribution < 1.29 is 0 Å². The Morgan fingerprint density at radius 3 is 2.25 bits per heavy atom. The summed E-state index contributed by atoms with van der Waals surface area (Å²) in [6, 6.07) is 0. The Morgan fingerprint density at radius 1 is 0.583 bits per heavy atom. The molecule has 0 spiro atoms. The third-order valence-corrected chi connectivity index (χ3v) is 1.90. The molecule has 0 aromatic heterocycles. The van der Waals surface area contributed by atoms with E-state index in [0.717, 1.165) is 6.42 Å². The van der Waals surface area contributed by atoms with Crippen molar-refractivity contribution in [2.75, 3.05) is 0 Å². The quantitative estimate of drug-likeness (QED) is 0.474. The third-order valence-electron chi connectivity index (χ3n) is 1.90. The molecule has 1 radical (unpaired) electrons. The van der Waals surface area contributed by atoms with E-state index in [1.54, 1.807) is 0 Å². The summed E-state index contributed by atoms with van der Waals surface area (Å²) in [5.74, 6) is 0. The highest BCUT2D eigenvalue weighted by Gasteiger charge is 1.86. The minimum atomic E-state index is 1.07. The van der Waals surface area contributed by atoms with Crippen molar-refractivity contribution in [3.05, 3.63) is 42.9 Å². The lowest BCUT2D eigenvalue weighted by Gasteiger charge is -1.95. The Balaban J connectivity index is 2.31. The van der Waals surface area contributed by atoms with E-state index in [9.17, 15) is 0 Å². The summed E-state index contributed by atoms with van der Waals surface area (Å²) in [4.78, 5) is 0. The number of allylic oxidation sites excluding steroid dienone is 6. The van der Waals surface area contributed by atoms with Crippen molar-refractivity contribution in [3.63, 3.8) is 0 Å². The molecule has 12 heavy (non-hydrogen) atoms. The zero-order chi connectivity index (χ0) is 8.49. The fourth-order valence-corrected chi connectivity index (χ4v) is 1.20. The molecular formula is C12H17. The van der Waals surface area contributed by atoms with Gasteiger partial charge in [-0.15, -0.1) is 0 Å². The first kappa shape index (κ1) is 9.31. The molecule has 1 aliphatic carbocycles. The average molecular weight is 161 g/mol. The molecule has 0 aromatic carbocycles. The lowest BCUT2D eigenvalue weighted by Crippen LogP contribution is -1.76. The van der Waals surface area contributed by atoms with Gasteiger partial charge in [0, 0.05) is 0 Å². The van der Waals surface area contributed by atoms with Crippen molar-refractivity contribution >= 4 is 0 Å². The second kappa shape index (κ2) is 6.90. The van der Waals surface area contributed by atoms with Gasteiger partial charge in [-0.05, 0) is 38.5 Å². The first-order valence-electron chi connectivity index (χ1n) is 4.78. The molecule has 0 aliphatic heterocycles. The highest BCUT2D eigenvalue weighted by Crippen LogP contribution is 2.04. The van der Waals surface area contributed by atoms with E-state index in [1.165, 1.54) is 25.7 Å². The second-order valence-electron chi connectivity index (χ2n) is 3.01. The molecule has 1 aliphatic rings. The Hall–Kier alpha value is -0.780. The van der Waals surface area contributed by atoms with Crippen LogP contribution in [0.4, 0.5) is 0 Å². The molecule has 0 fully saturated rings. The van der Waals surface area contributed by atoms with E-state index in [2.05, 4.69) is 42.9 Å². The maximum Gasteiger partial charge on any atom is -0.0166 e. The summed E-state index contributed by atoms with van der Waals surface area (Å²) in [7, 11) is 0. The largest absolute Gasteiger partial charge is 0.0882 e. The normalized spacial score (nSPS) is 28.0. The van der Waals surface area contributed by atoms with Gasteiger partial charge in [0.05, 0.1) is 0 Å². The predicted molar refractivity (Wildman–Crippen MR) is 54.8 cm³/mol. The molecule has 0 nitrogen and oxygen atoms in total. The lowest BCUT2D eigenvalue weighted by atomic mass is 10.1. The molecule has 0 N–H and O–H groups in total. The molecule has 0 bridgehead atoms. The van der Waals surface area contributed by atoms with Gasteiger partial charge in [0.1, 0.15) is 0 Å². The van der Waals surface area contributed by atoms with Gasteiger partial charge < -0.3 is 0 Å². The van der Waals surface area contributed by atoms with Crippen LogP contribution in [0.1, 0.15) is 32.1 Å². The molecule has 0 amide bonds. The van der Waals surface area contributed by atoms with Gasteiger partial charge in [0.15, 0.2) is 0 Å². The Kier molecular flexibility index (Phi) is 5.35. The summed E-state index contributed by atoms with van der Waals surface area (Å²) in [5, 5.41) is 0. The van der Waals surface area contributed by atoms with E-state index in [4.69, 9.17) is 0 Å². The highest BCUT2D eigenvalue weighted by molar-refractivity contribution is 5.05. The third kappa shape index (κ3) is 4.95. The monoisotopic (exact) mass is 161 g/mol. The summed E-state index contributed by atoms with van der Waals surface area (Å²) in [6.45, 7) is 0. The van der Waals surface area contributed by atoms with Gasteiger partial charge in [-0.2, -0.15) is 0 Å². The van der Waals surface area contributed by atoms with Crippen LogP contribution in [0.25, 0.3) is 0 Å². The lowest BCUT2D eigenvalue weighted by molar-refractivity contribution is 0.855. The van der Waals surface area contributed by atoms with Crippen LogP contribution < -0.4 is 0 Å². The van der Waals surface area contributed by atoms with Gasteiger partial charge in [-0.3, -0.25) is 0 Å². The van der Waals surface area contributed by atoms with Crippen LogP contribution >= 0.6 is 0 Å². The first-order chi connectivity index (χ1) is 6.00. The zero-order valence-corrected chi connectivity index (χ0v) is 7.58. The molecule has 0 saturated carbocycles. The van der Waals surface area contributed by atoms with Crippen molar-refractivity contribution in [3.8, 4) is 0 Å². The van der Waals surface area contributed by atoms with E-state index in [0.29, 0.717) is 0 Å². The molecule has 0 unspecified atom stereocenters. The van der Waals surface area contributed by atoms with Crippen molar-refractivity contribution in [1.29, 1.82) is 0 Å². The Bertz CT molecular complexity index is 172. The molecule has 0 saturated heterocycles. The summed E-state index contributed by atoms with van der Waals surface area (Å²) in [5.41, 5.74) is 0. The van der Waals surface area contributed by atoms with Gasteiger partial charge in [-0.25, -0.2) is 0 Å². The van der Waals surface area contributed by atoms with Crippen molar-refractivity contribution in [2.45, 2.75) is 32.1 Å². The summed E-state index contributed by atoms with van der Waals surface area (Å²) >= 11 is 0. The highest BCUT2D eigenvalue weighted by atomic mass is 13.9. The number of hydrogen-bond donors (Lipinski definition) is 0. The van der Waals surface area contributed by atoms with E-state index >= 15 is 0 Å². The maximum absolute atomic E-state index is 2.38. The van der Waals surface area contributed by atoms with Gasteiger partial charge >= 0.3 is 0 Å². The molecule has 0 aromatic rings. The van der Waals surface area contributed by atoms with Crippen LogP contribution in [0.5, 0.6) is 0 Å². The molecular weight excluding hydrogens is 144 g/mol. The van der Waals surface area contributed by atoms with Gasteiger partial charge in [0.25, 0.3) is 0 Å². The fraction of sp³-hybridized carbons (Fsp3) is 0.417. The summed E-state index contributed by atoms with van der Waals surface area (Å²) < 4.78 is 0. The van der Waals surface area contributed by atoms with Crippen molar-refractivity contribution in [1.82, 2.24) is 0 Å². The molecule has 65 valence electrons. The molecule has 0 heterocycles.